The minimum Gasteiger partial charge on any atom is -0.330 e. The van der Waals surface area contributed by atoms with Gasteiger partial charge in [-0.25, -0.2) is 0 Å². The Kier molecular flexibility index (Phi) is 5.67. The maximum Gasteiger partial charge on any atom is 0.0235 e. The van der Waals surface area contributed by atoms with Crippen LogP contribution < -0.4 is 5.73 Å². The first-order valence-electron chi connectivity index (χ1n) is 8.39. The maximum atomic E-state index is 6.05. The summed E-state index contributed by atoms with van der Waals surface area (Å²) in [4.78, 5) is 5.42. The molecular weight excluding hydrogens is 234 g/mol. The number of rotatable bonds is 6. The van der Waals surface area contributed by atoms with Gasteiger partial charge in [0.05, 0.1) is 0 Å². The van der Waals surface area contributed by atoms with Crippen LogP contribution in [0.3, 0.4) is 0 Å². The van der Waals surface area contributed by atoms with Gasteiger partial charge in [0.15, 0.2) is 0 Å². The quantitative estimate of drug-likeness (QED) is 0.801. The minimum absolute atomic E-state index is 0.358. The van der Waals surface area contributed by atoms with Crippen molar-refractivity contribution in [1.29, 1.82) is 0 Å². The Morgan fingerprint density at radius 3 is 2.32 bits per heavy atom. The van der Waals surface area contributed by atoms with Crippen LogP contribution in [0.4, 0.5) is 0 Å². The van der Waals surface area contributed by atoms with Gasteiger partial charge in [0.25, 0.3) is 0 Å². The summed E-state index contributed by atoms with van der Waals surface area (Å²) in [7, 11) is 0. The highest BCUT2D eigenvalue weighted by Gasteiger charge is 2.33. The molecule has 2 saturated heterocycles. The number of piperidine rings is 1. The van der Waals surface area contributed by atoms with Crippen LogP contribution in [-0.2, 0) is 0 Å². The summed E-state index contributed by atoms with van der Waals surface area (Å²) in [5.74, 6) is 0. The molecule has 1 atom stereocenters. The molecule has 2 fully saturated rings. The highest BCUT2D eigenvalue weighted by atomic mass is 15.3. The molecule has 0 aromatic rings. The van der Waals surface area contributed by atoms with E-state index in [0.717, 1.165) is 12.6 Å². The summed E-state index contributed by atoms with van der Waals surface area (Å²) in [5, 5.41) is 0. The Labute approximate surface area is 119 Å². The first kappa shape index (κ1) is 15.3. The van der Waals surface area contributed by atoms with E-state index in [9.17, 15) is 0 Å². The number of hydrogen-bond donors (Lipinski definition) is 1. The number of nitrogens with zero attached hydrogens (tertiary/aromatic N) is 2. The fourth-order valence-electron chi connectivity index (χ4n) is 3.84. The van der Waals surface area contributed by atoms with Gasteiger partial charge in [0.1, 0.15) is 0 Å². The molecule has 2 heterocycles. The molecule has 0 bridgehead atoms. The van der Waals surface area contributed by atoms with Crippen molar-refractivity contribution in [2.24, 2.45) is 11.1 Å². The fraction of sp³-hybridized carbons (Fsp3) is 1.00. The molecule has 0 radical (unpaired) electrons. The first-order chi connectivity index (χ1) is 9.23. The molecule has 0 amide bonds. The molecule has 19 heavy (non-hydrogen) atoms. The predicted octanol–water partition coefficient (Wildman–Crippen LogP) is 2.31. The lowest BCUT2D eigenvalue weighted by Crippen LogP contribution is -2.44. The van der Waals surface area contributed by atoms with Gasteiger partial charge in [-0.3, -0.25) is 4.90 Å². The zero-order valence-electron chi connectivity index (χ0n) is 13.0. The molecule has 2 aliphatic heterocycles. The zero-order valence-corrected chi connectivity index (χ0v) is 13.0. The SMILES string of the molecule is CCC(CC)(CN)CN1CCC(N2CCCCC2)C1. The van der Waals surface area contributed by atoms with Gasteiger partial charge >= 0.3 is 0 Å². The Morgan fingerprint density at radius 1 is 1.05 bits per heavy atom. The second-order valence-electron chi connectivity index (χ2n) is 6.69. The lowest BCUT2D eigenvalue weighted by molar-refractivity contribution is 0.135. The van der Waals surface area contributed by atoms with Crippen molar-refractivity contribution in [3.8, 4) is 0 Å². The smallest absolute Gasteiger partial charge is 0.0235 e. The predicted molar refractivity (Wildman–Crippen MR) is 82.3 cm³/mol. The number of nitrogens with two attached hydrogens (primary N) is 1. The molecule has 112 valence electrons. The van der Waals surface area contributed by atoms with E-state index in [1.807, 2.05) is 0 Å². The van der Waals surface area contributed by atoms with E-state index in [-0.39, 0.29) is 0 Å². The van der Waals surface area contributed by atoms with Crippen molar-refractivity contribution in [3.63, 3.8) is 0 Å². The molecule has 2 aliphatic rings. The van der Waals surface area contributed by atoms with Gasteiger partial charge in [0.2, 0.25) is 0 Å². The highest BCUT2D eigenvalue weighted by Crippen LogP contribution is 2.29. The van der Waals surface area contributed by atoms with E-state index in [0.29, 0.717) is 5.41 Å². The molecule has 0 saturated carbocycles. The van der Waals surface area contributed by atoms with E-state index in [1.165, 1.54) is 71.2 Å². The Balaban J connectivity index is 1.83. The van der Waals surface area contributed by atoms with Crippen molar-refractivity contribution in [2.75, 3.05) is 39.3 Å². The average Bonchev–Trinajstić information content (AvgIpc) is 2.94. The van der Waals surface area contributed by atoms with Gasteiger partial charge in [-0.15, -0.1) is 0 Å². The van der Waals surface area contributed by atoms with Crippen molar-refractivity contribution in [1.82, 2.24) is 9.80 Å². The van der Waals surface area contributed by atoms with E-state index >= 15 is 0 Å². The van der Waals surface area contributed by atoms with E-state index in [2.05, 4.69) is 23.6 Å². The number of likely N-dealkylation sites (tertiary alicyclic amines) is 2. The molecule has 2 rings (SSSR count). The molecule has 0 spiro atoms. The standard InChI is InChI=1S/C16H33N3/c1-3-16(4-2,13-17)14-18-11-8-15(12-18)19-9-6-5-7-10-19/h15H,3-14,17H2,1-2H3. The molecule has 3 heteroatoms. The third-order valence-corrected chi connectivity index (χ3v) is 5.65. The van der Waals surface area contributed by atoms with Crippen LogP contribution in [0.5, 0.6) is 0 Å². The molecule has 0 aliphatic carbocycles. The molecule has 1 unspecified atom stereocenters. The minimum atomic E-state index is 0.358. The molecule has 2 N–H and O–H groups in total. The van der Waals surface area contributed by atoms with Crippen molar-refractivity contribution in [3.05, 3.63) is 0 Å². The summed E-state index contributed by atoms with van der Waals surface area (Å²) in [6.07, 6.45) is 8.05. The molecule has 3 nitrogen and oxygen atoms in total. The molecule has 0 aromatic heterocycles. The summed E-state index contributed by atoms with van der Waals surface area (Å²) in [6.45, 7) is 11.9. The summed E-state index contributed by atoms with van der Waals surface area (Å²) in [5.41, 5.74) is 6.41. The van der Waals surface area contributed by atoms with E-state index in [1.54, 1.807) is 0 Å². The van der Waals surface area contributed by atoms with Gasteiger partial charge < -0.3 is 10.6 Å². The van der Waals surface area contributed by atoms with Crippen molar-refractivity contribution >= 4 is 0 Å². The van der Waals surface area contributed by atoms with Crippen LogP contribution in [0, 0.1) is 5.41 Å². The Morgan fingerprint density at radius 2 is 1.74 bits per heavy atom. The zero-order chi connectivity index (χ0) is 13.7. The monoisotopic (exact) mass is 267 g/mol. The summed E-state index contributed by atoms with van der Waals surface area (Å²) < 4.78 is 0. The first-order valence-corrected chi connectivity index (χ1v) is 8.39. The second kappa shape index (κ2) is 7.05. The topological polar surface area (TPSA) is 32.5 Å². The second-order valence-corrected chi connectivity index (χ2v) is 6.69. The van der Waals surface area contributed by atoms with Crippen LogP contribution >= 0.6 is 0 Å². The van der Waals surface area contributed by atoms with E-state index in [4.69, 9.17) is 5.73 Å². The Hall–Kier alpha value is -0.120. The third kappa shape index (κ3) is 3.71. The maximum absolute atomic E-state index is 6.05. The molecular formula is C16H33N3. The van der Waals surface area contributed by atoms with Crippen LogP contribution in [0.1, 0.15) is 52.4 Å². The highest BCUT2D eigenvalue weighted by molar-refractivity contribution is 4.89. The van der Waals surface area contributed by atoms with Gasteiger partial charge in [-0.2, -0.15) is 0 Å². The van der Waals surface area contributed by atoms with E-state index < -0.39 is 0 Å². The average molecular weight is 267 g/mol. The Bertz CT molecular complexity index is 248. The van der Waals surface area contributed by atoms with Crippen LogP contribution in [0.2, 0.25) is 0 Å². The van der Waals surface area contributed by atoms with Crippen molar-refractivity contribution < 1.29 is 0 Å². The van der Waals surface area contributed by atoms with Crippen LogP contribution in [0.15, 0.2) is 0 Å². The number of hydrogen-bond acceptors (Lipinski definition) is 3. The van der Waals surface area contributed by atoms with Gasteiger partial charge in [-0.1, -0.05) is 20.3 Å². The fourth-order valence-corrected chi connectivity index (χ4v) is 3.84. The summed E-state index contributed by atoms with van der Waals surface area (Å²) >= 11 is 0. The van der Waals surface area contributed by atoms with Crippen LogP contribution in [-0.4, -0.2) is 55.1 Å². The summed E-state index contributed by atoms with van der Waals surface area (Å²) in [6, 6.07) is 0.824. The van der Waals surface area contributed by atoms with Gasteiger partial charge in [0, 0.05) is 19.1 Å². The van der Waals surface area contributed by atoms with Crippen LogP contribution in [0.25, 0.3) is 0 Å². The van der Waals surface area contributed by atoms with Crippen molar-refractivity contribution in [2.45, 2.75) is 58.4 Å². The van der Waals surface area contributed by atoms with Gasteiger partial charge in [-0.05, 0) is 63.7 Å². The lowest BCUT2D eigenvalue weighted by atomic mass is 9.82. The third-order valence-electron chi connectivity index (χ3n) is 5.65. The normalized spacial score (nSPS) is 27.0. The largest absolute Gasteiger partial charge is 0.330 e. The lowest BCUT2D eigenvalue weighted by Gasteiger charge is -2.36. The molecule has 0 aromatic carbocycles.